The zero-order valence-corrected chi connectivity index (χ0v) is 16.2. The normalized spacial score (nSPS) is 12.0. The van der Waals surface area contributed by atoms with Crippen LogP contribution >= 0.6 is 0 Å². The maximum absolute atomic E-state index is 12.5. The van der Waals surface area contributed by atoms with E-state index in [2.05, 4.69) is 24.5 Å². The van der Waals surface area contributed by atoms with Gasteiger partial charge in [-0.15, -0.1) is 0 Å². The van der Waals surface area contributed by atoms with Gasteiger partial charge in [0.15, 0.2) is 0 Å². The van der Waals surface area contributed by atoms with E-state index in [4.69, 9.17) is 9.15 Å². The van der Waals surface area contributed by atoms with Gasteiger partial charge in [-0.1, -0.05) is 56.3 Å². The van der Waals surface area contributed by atoms with Gasteiger partial charge in [-0.2, -0.15) is 0 Å². The highest BCUT2D eigenvalue weighted by Gasteiger charge is 2.18. The fraction of sp³-hybridized carbons (Fsp3) is 0.261. The molecule has 1 heterocycles. The van der Waals surface area contributed by atoms with E-state index in [0.29, 0.717) is 13.2 Å². The largest absolute Gasteiger partial charge is 0.467 e. The highest BCUT2D eigenvalue weighted by molar-refractivity contribution is 5.89. The Morgan fingerprint density at radius 3 is 2.54 bits per heavy atom. The summed E-state index contributed by atoms with van der Waals surface area (Å²) in [4.78, 5) is 12.5. The minimum atomic E-state index is -0.226. The number of ether oxygens (including phenoxy) is 1. The molecule has 0 saturated carbocycles. The van der Waals surface area contributed by atoms with Crippen LogP contribution in [0.5, 0.6) is 0 Å². The van der Waals surface area contributed by atoms with E-state index < -0.39 is 0 Å². The average Bonchev–Trinajstić information content (AvgIpc) is 3.20. The molecule has 1 atom stereocenters. The number of hydrogen-bond acceptors (Lipinski definition) is 3. The molecule has 2 aromatic carbocycles. The number of anilines is 1. The van der Waals surface area contributed by atoms with E-state index in [-0.39, 0.29) is 18.0 Å². The van der Waals surface area contributed by atoms with Crippen molar-refractivity contribution in [2.75, 3.05) is 5.32 Å². The topological polar surface area (TPSA) is 63.5 Å². The first-order valence-corrected chi connectivity index (χ1v) is 9.43. The number of nitrogens with one attached hydrogen (secondary N) is 2. The number of hydrogen-bond donors (Lipinski definition) is 2. The molecule has 3 rings (SSSR count). The van der Waals surface area contributed by atoms with Crippen LogP contribution in [0.4, 0.5) is 10.5 Å². The summed E-state index contributed by atoms with van der Waals surface area (Å²) in [7, 11) is 0. The highest BCUT2D eigenvalue weighted by atomic mass is 16.5. The number of carbonyl (C=O) groups excluding carboxylic acids is 1. The molecule has 0 bridgehead atoms. The lowest BCUT2D eigenvalue weighted by atomic mass is 9.96. The number of furan rings is 1. The Labute approximate surface area is 165 Å². The van der Waals surface area contributed by atoms with E-state index >= 15 is 0 Å². The van der Waals surface area contributed by atoms with Crippen LogP contribution in [0.2, 0.25) is 0 Å². The minimum absolute atomic E-state index is 0.0546. The van der Waals surface area contributed by atoms with Gasteiger partial charge in [0.1, 0.15) is 12.4 Å². The number of benzene rings is 2. The predicted molar refractivity (Wildman–Crippen MR) is 110 cm³/mol. The Balaban J connectivity index is 1.55. The average molecular weight is 378 g/mol. The predicted octanol–water partition coefficient (Wildman–Crippen LogP) is 5.52. The monoisotopic (exact) mass is 378 g/mol. The van der Waals surface area contributed by atoms with Crippen molar-refractivity contribution < 1.29 is 13.9 Å². The van der Waals surface area contributed by atoms with Gasteiger partial charge in [-0.05, 0) is 41.3 Å². The Morgan fingerprint density at radius 2 is 1.82 bits per heavy atom. The van der Waals surface area contributed by atoms with Crippen LogP contribution in [0.1, 0.15) is 36.8 Å². The highest BCUT2D eigenvalue weighted by Crippen LogP contribution is 2.21. The maximum Gasteiger partial charge on any atom is 0.319 e. The summed E-state index contributed by atoms with van der Waals surface area (Å²) in [6.07, 6.45) is 1.63. The zero-order valence-electron chi connectivity index (χ0n) is 16.2. The molecular weight excluding hydrogens is 352 g/mol. The van der Waals surface area contributed by atoms with Gasteiger partial charge in [-0.3, -0.25) is 0 Å². The summed E-state index contributed by atoms with van der Waals surface area (Å²) < 4.78 is 10.9. The summed E-state index contributed by atoms with van der Waals surface area (Å²) in [5.74, 6) is 1.06. The smallest absolute Gasteiger partial charge is 0.319 e. The molecule has 0 aliphatic rings. The van der Waals surface area contributed by atoms with Gasteiger partial charge in [0.25, 0.3) is 0 Å². The van der Waals surface area contributed by atoms with Crippen molar-refractivity contribution in [3.8, 4) is 0 Å². The van der Waals surface area contributed by atoms with Crippen molar-refractivity contribution in [1.29, 1.82) is 0 Å². The molecule has 1 unspecified atom stereocenters. The van der Waals surface area contributed by atoms with Crippen LogP contribution < -0.4 is 10.6 Å². The van der Waals surface area contributed by atoms with Crippen molar-refractivity contribution in [1.82, 2.24) is 5.32 Å². The molecular formula is C23H26N2O3. The first kappa shape index (κ1) is 19.7. The van der Waals surface area contributed by atoms with Gasteiger partial charge < -0.3 is 19.8 Å². The van der Waals surface area contributed by atoms with E-state index in [0.717, 1.165) is 22.6 Å². The van der Waals surface area contributed by atoms with E-state index in [1.807, 2.05) is 66.7 Å². The van der Waals surface area contributed by atoms with Crippen LogP contribution in [-0.4, -0.2) is 6.03 Å². The lowest BCUT2D eigenvalue weighted by molar-refractivity contribution is 0.0930. The summed E-state index contributed by atoms with van der Waals surface area (Å²) in [6, 6.07) is 21.1. The van der Waals surface area contributed by atoms with Crippen molar-refractivity contribution in [2.45, 2.75) is 33.1 Å². The first-order chi connectivity index (χ1) is 13.6. The molecule has 0 spiro atoms. The Kier molecular flexibility index (Phi) is 6.87. The molecule has 3 aromatic rings. The molecule has 28 heavy (non-hydrogen) atoms. The summed E-state index contributed by atoms with van der Waals surface area (Å²) >= 11 is 0. The molecule has 1 aromatic heterocycles. The molecule has 0 saturated heterocycles. The van der Waals surface area contributed by atoms with Crippen LogP contribution in [-0.2, 0) is 18.0 Å². The van der Waals surface area contributed by atoms with Gasteiger partial charge in [0.2, 0.25) is 0 Å². The van der Waals surface area contributed by atoms with Gasteiger partial charge in [-0.25, -0.2) is 4.79 Å². The van der Waals surface area contributed by atoms with Crippen molar-refractivity contribution in [3.05, 3.63) is 89.9 Å². The second-order valence-electron chi connectivity index (χ2n) is 7.00. The number of urea groups is 1. The first-order valence-electron chi connectivity index (χ1n) is 9.43. The van der Waals surface area contributed by atoms with E-state index in [1.54, 1.807) is 6.26 Å². The standard InChI is InChI=1S/C23H26N2O3/c1-17(2)22(19-9-4-3-5-10-19)25-23(26)24-20-11-6-8-18(14-20)15-27-16-21-12-7-13-28-21/h3-14,17,22H,15-16H2,1-2H3,(H2,24,25,26). The third-order valence-electron chi connectivity index (χ3n) is 4.39. The fourth-order valence-electron chi connectivity index (χ4n) is 3.01. The fourth-order valence-corrected chi connectivity index (χ4v) is 3.01. The second kappa shape index (κ2) is 9.76. The number of amides is 2. The molecule has 146 valence electrons. The maximum atomic E-state index is 12.5. The second-order valence-corrected chi connectivity index (χ2v) is 7.00. The SMILES string of the molecule is CC(C)C(NC(=O)Nc1cccc(COCc2ccco2)c1)c1ccccc1. The summed E-state index contributed by atoms with van der Waals surface area (Å²) in [5, 5.41) is 5.99. The van der Waals surface area contributed by atoms with Gasteiger partial charge >= 0.3 is 6.03 Å². The quantitative estimate of drug-likeness (QED) is 0.543. The van der Waals surface area contributed by atoms with Crippen molar-refractivity contribution in [2.24, 2.45) is 5.92 Å². The molecule has 0 aliphatic carbocycles. The Morgan fingerprint density at radius 1 is 1.00 bits per heavy atom. The van der Waals surface area contributed by atoms with Crippen LogP contribution in [0.3, 0.4) is 0 Å². The minimum Gasteiger partial charge on any atom is -0.467 e. The Bertz CT molecular complexity index is 861. The van der Waals surface area contributed by atoms with E-state index in [1.165, 1.54) is 0 Å². The third kappa shape index (κ3) is 5.72. The molecule has 2 N–H and O–H groups in total. The molecule has 0 aliphatic heterocycles. The van der Waals surface area contributed by atoms with E-state index in [9.17, 15) is 4.79 Å². The molecule has 0 radical (unpaired) electrons. The van der Waals surface area contributed by atoms with Crippen LogP contribution in [0.25, 0.3) is 0 Å². The molecule has 0 fully saturated rings. The van der Waals surface area contributed by atoms with Gasteiger partial charge in [0.05, 0.1) is 18.9 Å². The number of rotatable bonds is 8. The van der Waals surface area contributed by atoms with Gasteiger partial charge in [0, 0.05) is 5.69 Å². The summed E-state index contributed by atoms with van der Waals surface area (Å²) in [5.41, 5.74) is 2.80. The number of carbonyl (C=O) groups is 1. The van der Waals surface area contributed by atoms with Crippen LogP contribution in [0, 0.1) is 5.92 Å². The third-order valence-corrected chi connectivity index (χ3v) is 4.39. The zero-order chi connectivity index (χ0) is 19.8. The molecule has 5 nitrogen and oxygen atoms in total. The summed E-state index contributed by atoms with van der Waals surface area (Å²) in [6.45, 7) is 5.04. The Hall–Kier alpha value is -3.05. The van der Waals surface area contributed by atoms with Crippen molar-refractivity contribution >= 4 is 11.7 Å². The van der Waals surface area contributed by atoms with Crippen molar-refractivity contribution in [3.63, 3.8) is 0 Å². The molecule has 2 amide bonds. The molecule has 5 heteroatoms. The van der Waals surface area contributed by atoms with Crippen LogP contribution in [0.15, 0.2) is 77.4 Å². The lowest BCUT2D eigenvalue weighted by Gasteiger charge is -2.23. The lowest BCUT2D eigenvalue weighted by Crippen LogP contribution is -2.35.